The molecule has 0 saturated carbocycles. The van der Waals surface area contributed by atoms with Crippen LogP contribution in [0.15, 0.2) is 24.3 Å². The van der Waals surface area contributed by atoms with E-state index in [2.05, 4.69) is 27.7 Å². The molecule has 3 rings (SSSR count). The first-order valence-electron chi connectivity index (χ1n) is 7.71. The van der Waals surface area contributed by atoms with Crippen LogP contribution in [0.2, 0.25) is 0 Å². The van der Waals surface area contributed by atoms with E-state index in [4.69, 9.17) is 5.73 Å². The molecule has 1 fully saturated rings. The van der Waals surface area contributed by atoms with Crippen molar-refractivity contribution in [2.24, 2.45) is 0 Å². The predicted molar refractivity (Wildman–Crippen MR) is 83.6 cm³/mol. The molecular formula is C16H24N4. The minimum Gasteiger partial charge on any atom is -0.382 e. The maximum Gasteiger partial charge on any atom is 0.153 e. The quantitative estimate of drug-likeness (QED) is 0.931. The van der Waals surface area contributed by atoms with Gasteiger partial charge in [0.05, 0.1) is 5.52 Å². The number of para-hydroxylation sites is 1. The number of nitrogens with two attached hydrogens (primary N) is 1. The molecule has 4 nitrogen and oxygen atoms in total. The van der Waals surface area contributed by atoms with Crippen LogP contribution in [0.4, 0.5) is 5.82 Å². The highest BCUT2D eigenvalue weighted by atomic mass is 15.3. The van der Waals surface area contributed by atoms with Crippen molar-refractivity contribution in [1.29, 1.82) is 0 Å². The van der Waals surface area contributed by atoms with Gasteiger partial charge in [-0.2, -0.15) is 5.10 Å². The van der Waals surface area contributed by atoms with E-state index in [1.165, 1.54) is 32.4 Å². The lowest BCUT2D eigenvalue weighted by Crippen LogP contribution is -2.37. The molecule has 0 spiro atoms. The number of benzene rings is 1. The van der Waals surface area contributed by atoms with Gasteiger partial charge < -0.3 is 10.6 Å². The van der Waals surface area contributed by atoms with E-state index in [-0.39, 0.29) is 0 Å². The van der Waals surface area contributed by atoms with Crippen LogP contribution in [0.1, 0.15) is 32.6 Å². The average Bonchev–Trinajstić information content (AvgIpc) is 2.83. The van der Waals surface area contributed by atoms with Crippen molar-refractivity contribution < 1.29 is 0 Å². The fourth-order valence-electron chi connectivity index (χ4n) is 3.17. The highest BCUT2D eigenvalue weighted by molar-refractivity contribution is 5.88. The lowest BCUT2D eigenvalue weighted by molar-refractivity contribution is 0.162. The third-order valence-electron chi connectivity index (χ3n) is 4.46. The Morgan fingerprint density at radius 1 is 1.20 bits per heavy atom. The monoisotopic (exact) mass is 272 g/mol. The van der Waals surface area contributed by atoms with Crippen molar-refractivity contribution in [2.45, 2.75) is 45.2 Å². The number of aromatic nitrogens is 2. The summed E-state index contributed by atoms with van der Waals surface area (Å²) in [7, 11) is 0. The number of aryl methyl sites for hydroxylation is 1. The molecule has 2 heterocycles. The normalized spacial score (nSPS) is 18.4. The Bertz CT molecular complexity index is 569. The summed E-state index contributed by atoms with van der Waals surface area (Å²) in [4.78, 5) is 2.61. The Morgan fingerprint density at radius 3 is 2.75 bits per heavy atom. The number of nitrogen functional groups attached to an aromatic ring is 1. The maximum atomic E-state index is 5.98. The summed E-state index contributed by atoms with van der Waals surface area (Å²) in [5, 5.41) is 5.55. The molecule has 0 radical (unpaired) electrons. The third kappa shape index (κ3) is 2.66. The van der Waals surface area contributed by atoms with E-state index >= 15 is 0 Å². The van der Waals surface area contributed by atoms with Gasteiger partial charge in [0.15, 0.2) is 5.82 Å². The summed E-state index contributed by atoms with van der Waals surface area (Å²) in [6, 6.07) is 8.83. The highest BCUT2D eigenvalue weighted by Crippen LogP contribution is 2.21. The molecule has 1 saturated heterocycles. The van der Waals surface area contributed by atoms with Crippen LogP contribution in [0, 0.1) is 0 Å². The summed E-state index contributed by atoms with van der Waals surface area (Å²) >= 11 is 0. The second-order valence-corrected chi connectivity index (χ2v) is 5.86. The largest absolute Gasteiger partial charge is 0.382 e. The van der Waals surface area contributed by atoms with Crippen LogP contribution in [0.25, 0.3) is 10.9 Å². The second-order valence-electron chi connectivity index (χ2n) is 5.86. The molecule has 1 aliphatic rings. The Labute approximate surface area is 120 Å². The average molecular weight is 272 g/mol. The van der Waals surface area contributed by atoms with Crippen LogP contribution in [-0.2, 0) is 6.54 Å². The summed E-state index contributed by atoms with van der Waals surface area (Å²) in [6.45, 7) is 5.78. The van der Waals surface area contributed by atoms with Gasteiger partial charge in [-0.25, -0.2) is 0 Å². The third-order valence-corrected chi connectivity index (χ3v) is 4.46. The lowest BCUT2D eigenvalue weighted by atomic mass is 10.1. The molecule has 0 amide bonds. The number of rotatable bonds is 4. The zero-order valence-electron chi connectivity index (χ0n) is 12.3. The molecule has 0 bridgehead atoms. The minimum absolute atomic E-state index is 0.625. The molecule has 1 unspecified atom stereocenters. The Hall–Kier alpha value is -1.55. The second kappa shape index (κ2) is 5.83. The van der Waals surface area contributed by atoms with Crippen LogP contribution >= 0.6 is 0 Å². The molecule has 0 aliphatic carbocycles. The van der Waals surface area contributed by atoms with E-state index in [0.29, 0.717) is 11.9 Å². The van der Waals surface area contributed by atoms with Crippen LogP contribution in [0.3, 0.4) is 0 Å². The maximum absolute atomic E-state index is 5.98. The number of nitrogens with zero attached hydrogens (tertiary/aromatic N) is 3. The van der Waals surface area contributed by atoms with E-state index < -0.39 is 0 Å². The Morgan fingerprint density at radius 2 is 1.95 bits per heavy atom. The summed E-state index contributed by atoms with van der Waals surface area (Å²) in [6.07, 6.45) is 5.22. The standard InChI is InChI=1S/C16H24N4/c1-13(19-10-5-2-6-11-19)9-12-20-15-8-4-3-7-14(15)16(17)18-20/h3-4,7-8,13H,2,5-6,9-12H2,1H3,(H2,17,18). The van der Waals surface area contributed by atoms with Crippen molar-refractivity contribution >= 4 is 16.7 Å². The number of anilines is 1. The molecule has 108 valence electrons. The summed E-state index contributed by atoms with van der Waals surface area (Å²) in [5.74, 6) is 0.645. The Kier molecular flexibility index (Phi) is 3.92. The minimum atomic E-state index is 0.625. The molecule has 1 aromatic carbocycles. The van der Waals surface area contributed by atoms with E-state index in [1.54, 1.807) is 0 Å². The van der Waals surface area contributed by atoms with Crippen molar-refractivity contribution in [3.63, 3.8) is 0 Å². The number of hydrogen-bond donors (Lipinski definition) is 1. The van der Waals surface area contributed by atoms with Crippen molar-refractivity contribution in [3.8, 4) is 0 Å². The van der Waals surface area contributed by atoms with Gasteiger partial charge in [0.25, 0.3) is 0 Å². The number of likely N-dealkylation sites (tertiary alicyclic amines) is 1. The molecule has 4 heteroatoms. The first-order chi connectivity index (χ1) is 9.75. The van der Waals surface area contributed by atoms with Gasteiger partial charge in [0.2, 0.25) is 0 Å². The van der Waals surface area contributed by atoms with Gasteiger partial charge in [-0.1, -0.05) is 18.6 Å². The number of hydrogen-bond acceptors (Lipinski definition) is 3. The van der Waals surface area contributed by atoms with Crippen LogP contribution in [0.5, 0.6) is 0 Å². The smallest absolute Gasteiger partial charge is 0.153 e. The van der Waals surface area contributed by atoms with Crippen LogP contribution in [-0.4, -0.2) is 33.8 Å². The molecular weight excluding hydrogens is 248 g/mol. The lowest BCUT2D eigenvalue weighted by Gasteiger charge is -2.32. The Balaban J connectivity index is 1.67. The highest BCUT2D eigenvalue weighted by Gasteiger charge is 2.17. The van der Waals surface area contributed by atoms with Gasteiger partial charge >= 0.3 is 0 Å². The topological polar surface area (TPSA) is 47.1 Å². The number of piperidine rings is 1. The van der Waals surface area contributed by atoms with Gasteiger partial charge in [0, 0.05) is 18.0 Å². The molecule has 1 aliphatic heterocycles. The first kappa shape index (κ1) is 13.4. The molecule has 20 heavy (non-hydrogen) atoms. The molecule has 2 N–H and O–H groups in total. The van der Waals surface area contributed by atoms with Crippen molar-refractivity contribution in [1.82, 2.24) is 14.7 Å². The predicted octanol–water partition coefficient (Wildman–Crippen LogP) is 2.88. The fraction of sp³-hybridized carbons (Fsp3) is 0.562. The van der Waals surface area contributed by atoms with Gasteiger partial charge in [-0.05, 0) is 51.4 Å². The molecule has 1 atom stereocenters. The summed E-state index contributed by atoms with van der Waals surface area (Å²) in [5.41, 5.74) is 7.13. The van der Waals surface area contributed by atoms with Gasteiger partial charge in [-0.15, -0.1) is 0 Å². The van der Waals surface area contributed by atoms with Gasteiger partial charge in [0.1, 0.15) is 0 Å². The van der Waals surface area contributed by atoms with E-state index in [9.17, 15) is 0 Å². The summed E-state index contributed by atoms with van der Waals surface area (Å²) < 4.78 is 2.06. The number of fused-ring (bicyclic) bond motifs is 1. The first-order valence-corrected chi connectivity index (χ1v) is 7.71. The van der Waals surface area contributed by atoms with Gasteiger partial charge in [-0.3, -0.25) is 4.68 Å². The van der Waals surface area contributed by atoms with Crippen LogP contribution < -0.4 is 5.73 Å². The molecule has 1 aromatic heterocycles. The fourth-order valence-corrected chi connectivity index (χ4v) is 3.17. The van der Waals surface area contributed by atoms with Crippen molar-refractivity contribution in [2.75, 3.05) is 18.8 Å². The van der Waals surface area contributed by atoms with E-state index in [1.807, 2.05) is 18.2 Å². The zero-order valence-corrected chi connectivity index (χ0v) is 12.3. The van der Waals surface area contributed by atoms with E-state index in [0.717, 1.165) is 23.9 Å². The zero-order chi connectivity index (χ0) is 13.9. The SMILES string of the molecule is CC(CCn1nc(N)c2ccccc21)N1CCCCC1. The van der Waals surface area contributed by atoms with Crippen molar-refractivity contribution in [3.05, 3.63) is 24.3 Å². The molecule has 2 aromatic rings.